The van der Waals surface area contributed by atoms with Gasteiger partial charge in [0.05, 0.1) is 5.69 Å². The molecule has 0 aliphatic heterocycles. The van der Waals surface area contributed by atoms with Crippen LogP contribution < -0.4 is 5.73 Å². The van der Waals surface area contributed by atoms with Crippen molar-refractivity contribution < 1.29 is 5.11 Å². The molecule has 16 heavy (non-hydrogen) atoms. The monoisotopic (exact) mass is 217 g/mol. The summed E-state index contributed by atoms with van der Waals surface area (Å²) in [4.78, 5) is 0. The van der Waals surface area contributed by atoms with Gasteiger partial charge in [-0.1, -0.05) is 19.9 Å². The molecule has 0 fully saturated rings. The van der Waals surface area contributed by atoms with E-state index in [1.807, 2.05) is 12.1 Å². The molecular formula is C12H15N3O. The van der Waals surface area contributed by atoms with Crippen LogP contribution >= 0.6 is 0 Å². The van der Waals surface area contributed by atoms with Crippen molar-refractivity contribution in [1.29, 1.82) is 0 Å². The number of hydrogen-bond acceptors (Lipinski definition) is 3. The quantitative estimate of drug-likeness (QED) is 0.723. The molecule has 1 aromatic carbocycles. The van der Waals surface area contributed by atoms with Gasteiger partial charge in [-0.3, -0.25) is 5.10 Å². The molecule has 1 aromatic heterocycles. The minimum absolute atomic E-state index is 0.230. The summed E-state index contributed by atoms with van der Waals surface area (Å²) in [6.45, 7) is 4.22. The number of rotatable bonds is 2. The van der Waals surface area contributed by atoms with E-state index in [2.05, 4.69) is 24.0 Å². The third-order valence-corrected chi connectivity index (χ3v) is 2.58. The van der Waals surface area contributed by atoms with E-state index in [4.69, 9.17) is 5.73 Å². The van der Waals surface area contributed by atoms with E-state index >= 15 is 0 Å². The van der Waals surface area contributed by atoms with Crippen LogP contribution in [0.15, 0.2) is 24.3 Å². The Balaban J connectivity index is 2.51. The van der Waals surface area contributed by atoms with E-state index in [9.17, 15) is 5.11 Å². The number of aromatic nitrogens is 2. The summed E-state index contributed by atoms with van der Waals surface area (Å²) in [5.74, 6) is 1.07. The molecule has 0 spiro atoms. The van der Waals surface area contributed by atoms with Gasteiger partial charge < -0.3 is 10.8 Å². The van der Waals surface area contributed by atoms with E-state index in [0.717, 1.165) is 11.3 Å². The first kappa shape index (κ1) is 10.5. The molecular weight excluding hydrogens is 202 g/mol. The van der Waals surface area contributed by atoms with Crippen molar-refractivity contribution >= 4 is 5.82 Å². The summed E-state index contributed by atoms with van der Waals surface area (Å²) in [6, 6.07) is 7.27. The van der Waals surface area contributed by atoms with Crippen molar-refractivity contribution in [1.82, 2.24) is 10.2 Å². The number of phenols is 1. The second-order valence-electron chi connectivity index (χ2n) is 4.14. The summed E-state index contributed by atoms with van der Waals surface area (Å²) >= 11 is 0. The number of nitrogen functional groups attached to an aromatic ring is 1. The molecule has 84 valence electrons. The Morgan fingerprint density at radius 1 is 1.31 bits per heavy atom. The Labute approximate surface area is 94.1 Å². The van der Waals surface area contributed by atoms with Crippen molar-refractivity contribution in [3.05, 3.63) is 29.8 Å². The van der Waals surface area contributed by atoms with Crippen molar-refractivity contribution in [2.24, 2.45) is 0 Å². The predicted octanol–water partition coefficient (Wildman–Crippen LogP) is 2.49. The van der Waals surface area contributed by atoms with Crippen LogP contribution in [0.25, 0.3) is 11.3 Å². The number of anilines is 1. The first-order valence-corrected chi connectivity index (χ1v) is 5.22. The number of aromatic amines is 1. The minimum Gasteiger partial charge on any atom is -0.507 e. The summed E-state index contributed by atoms with van der Waals surface area (Å²) in [6.07, 6.45) is 0. The second-order valence-corrected chi connectivity index (χ2v) is 4.14. The molecule has 4 heteroatoms. The van der Waals surface area contributed by atoms with Crippen LogP contribution in [-0.2, 0) is 0 Å². The molecule has 4 N–H and O–H groups in total. The molecule has 0 saturated carbocycles. The fourth-order valence-corrected chi connectivity index (χ4v) is 1.60. The Bertz CT molecular complexity index is 503. The SMILES string of the molecule is CC(C)c1ccc(O)c(-c2cc(N)n[nH]2)c1. The topological polar surface area (TPSA) is 74.9 Å². The normalized spacial score (nSPS) is 10.9. The highest BCUT2D eigenvalue weighted by atomic mass is 16.3. The summed E-state index contributed by atoms with van der Waals surface area (Å²) < 4.78 is 0. The summed E-state index contributed by atoms with van der Waals surface area (Å²) in [5, 5.41) is 16.4. The zero-order chi connectivity index (χ0) is 11.7. The Morgan fingerprint density at radius 2 is 2.06 bits per heavy atom. The zero-order valence-electron chi connectivity index (χ0n) is 9.36. The molecule has 0 unspecified atom stereocenters. The lowest BCUT2D eigenvalue weighted by Crippen LogP contribution is -1.88. The van der Waals surface area contributed by atoms with Crippen LogP contribution in [0.3, 0.4) is 0 Å². The highest BCUT2D eigenvalue weighted by Crippen LogP contribution is 2.31. The molecule has 2 aromatic rings. The first-order chi connectivity index (χ1) is 7.58. The second kappa shape index (κ2) is 3.89. The fourth-order valence-electron chi connectivity index (χ4n) is 1.60. The Hall–Kier alpha value is -1.97. The van der Waals surface area contributed by atoms with Crippen molar-refractivity contribution in [2.75, 3.05) is 5.73 Å². The van der Waals surface area contributed by atoms with E-state index in [-0.39, 0.29) is 5.75 Å². The Kier molecular flexibility index (Phi) is 2.56. The van der Waals surface area contributed by atoms with Crippen LogP contribution in [-0.4, -0.2) is 15.3 Å². The number of hydrogen-bond donors (Lipinski definition) is 3. The maximum absolute atomic E-state index is 9.79. The molecule has 0 bridgehead atoms. The summed E-state index contributed by atoms with van der Waals surface area (Å²) in [7, 11) is 0. The van der Waals surface area contributed by atoms with E-state index in [1.54, 1.807) is 12.1 Å². The smallest absolute Gasteiger partial charge is 0.145 e. The van der Waals surface area contributed by atoms with Gasteiger partial charge >= 0.3 is 0 Å². The molecule has 0 aliphatic rings. The van der Waals surface area contributed by atoms with E-state index < -0.39 is 0 Å². The third-order valence-electron chi connectivity index (χ3n) is 2.58. The number of nitrogens with one attached hydrogen (secondary N) is 1. The van der Waals surface area contributed by atoms with Gasteiger partial charge in [-0.05, 0) is 23.6 Å². The zero-order valence-corrected chi connectivity index (χ0v) is 9.36. The molecule has 0 saturated heterocycles. The van der Waals surface area contributed by atoms with Crippen LogP contribution in [0.4, 0.5) is 5.82 Å². The molecule has 4 nitrogen and oxygen atoms in total. The van der Waals surface area contributed by atoms with Crippen LogP contribution in [0.2, 0.25) is 0 Å². The highest BCUT2D eigenvalue weighted by molar-refractivity contribution is 5.69. The lowest BCUT2D eigenvalue weighted by atomic mass is 9.99. The highest BCUT2D eigenvalue weighted by Gasteiger charge is 2.09. The molecule has 0 radical (unpaired) electrons. The molecule has 2 rings (SSSR count). The number of benzene rings is 1. The molecule has 0 aliphatic carbocycles. The number of H-pyrrole nitrogens is 1. The largest absolute Gasteiger partial charge is 0.507 e. The number of phenolic OH excluding ortho intramolecular Hbond substituents is 1. The van der Waals surface area contributed by atoms with Crippen LogP contribution in [0, 0.1) is 0 Å². The van der Waals surface area contributed by atoms with Gasteiger partial charge in [0.2, 0.25) is 0 Å². The number of nitrogens with two attached hydrogens (primary N) is 1. The minimum atomic E-state index is 0.230. The van der Waals surface area contributed by atoms with Crippen LogP contribution in [0.1, 0.15) is 25.3 Å². The fraction of sp³-hybridized carbons (Fsp3) is 0.250. The van der Waals surface area contributed by atoms with E-state index in [0.29, 0.717) is 11.7 Å². The van der Waals surface area contributed by atoms with Gasteiger partial charge in [0.1, 0.15) is 11.6 Å². The number of aromatic hydroxyl groups is 1. The average Bonchev–Trinajstić information content (AvgIpc) is 2.65. The standard InChI is InChI=1S/C12H15N3O/c1-7(2)8-3-4-11(16)9(5-8)10-6-12(13)15-14-10/h3-7,16H,1-2H3,(H3,13,14,15). The van der Waals surface area contributed by atoms with Crippen molar-refractivity contribution in [3.63, 3.8) is 0 Å². The van der Waals surface area contributed by atoms with E-state index in [1.165, 1.54) is 5.56 Å². The van der Waals surface area contributed by atoms with Crippen molar-refractivity contribution in [3.8, 4) is 17.0 Å². The Morgan fingerprint density at radius 3 is 2.62 bits per heavy atom. The molecule has 0 amide bonds. The van der Waals surface area contributed by atoms with Crippen LogP contribution in [0.5, 0.6) is 5.75 Å². The third kappa shape index (κ3) is 1.86. The summed E-state index contributed by atoms with van der Waals surface area (Å²) in [5.41, 5.74) is 8.17. The molecule has 1 heterocycles. The number of nitrogens with zero attached hydrogens (tertiary/aromatic N) is 1. The lowest BCUT2D eigenvalue weighted by molar-refractivity contribution is 0.477. The van der Waals surface area contributed by atoms with Gasteiger partial charge in [-0.2, -0.15) is 5.10 Å². The van der Waals surface area contributed by atoms with Gasteiger partial charge in [0, 0.05) is 11.6 Å². The first-order valence-electron chi connectivity index (χ1n) is 5.22. The molecule has 0 atom stereocenters. The van der Waals surface area contributed by atoms with Gasteiger partial charge in [-0.25, -0.2) is 0 Å². The average molecular weight is 217 g/mol. The van der Waals surface area contributed by atoms with Gasteiger partial charge in [-0.15, -0.1) is 0 Å². The maximum atomic E-state index is 9.79. The maximum Gasteiger partial charge on any atom is 0.145 e. The van der Waals surface area contributed by atoms with Gasteiger partial charge in [0.25, 0.3) is 0 Å². The van der Waals surface area contributed by atoms with Gasteiger partial charge in [0.15, 0.2) is 0 Å². The van der Waals surface area contributed by atoms with Crippen molar-refractivity contribution in [2.45, 2.75) is 19.8 Å². The lowest BCUT2D eigenvalue weighted by Gasteiger charge is -2.08. The predicted molar refractivity (Wildman–Crippen MR) is 64.2 cm³/mol.